The Morgan fingerprint density at radius 3 is 0.892 bits per heavy atom. The van der Waals surface area contributed by atoms with Gasteiger partial charge in [-0.1, -0.05) is 146 Å². The summed E-state index contributed by atoms with van der Waals surface area (Å²) in [7, 11) is 6.69. The van der Waals surface area contributed by atoms with Crippen LogP contribution in [0.15, 0.2) is 214 Å². The molecule has 10 heteroatoms. The van der Waals surface area contributed by atoms with Gasteiger partial charge in [0.05, 0.1) is 39.8 Å². The molecular formula is C64H50N6O4. The minimum Gasteiger partial charge on any atom is -0.497 e. The first-order valence-corrected chi connectivity index (χ1v) is 24.1. The molecule has 360 valence electrons. The predicted octanol–water partition coefficient (Wildman–Crippen LogP) is 13.0. The summed E-state index contributed by atoms with van der Waals surface area (Å²) in [6, 6.07) is 64.9. The number of nitrogens with zero attached hydrogens (tertiary/aromatic N) is 4. The van der Waals surface area contributed by atoms with Crippen LogP contribution in [0.25, 0.3) is 47.1 Å². The monoisotopic (exact) mass is 966 g/mol. The maximum Gasteiger partial charge on any atom is 0.162 e. The molecule has 0 saturated heterocycles. The molecule has 10 nitrogen and oxygen atoms in total. The van der Waals surface area contributed by atoms with E-state index in [-0.39, 0.29) is 0 Å². The minimum absolute atomic E-state index is 0.693. The highest BCUT2D eigenvalue weighted by molar-refractivity contribution is 6.24. The maximum absolute atomic E-state index is 5.29. The van der Waals surface area contributed by atoms with Crippen molar-refractivity contribution >= 4 is 70.4 Å². The van der Waals surface area contributed by atoms with Gasteiger partial charge in [-0.15, -0.1) is 0 Å². The zero-order chi connectivity index (χ0) is 50.4. The molecule has 12 rings (SSSR count). The highest BCUT2D eigenvalue weighted by atomic mass is 16.5. The molecule has 0 spiro atoms. The van der Waals surface area contributed by atoms with Crippen LogP contribution in [0.5, 0.6) is 23.0 Å². The highest BCUT2D eigenvalue weighted by Gasteiger charge is 2.27. The van der Waals surface area contributed by atoms with E-state index in [0.29, 0.717) is 11.7 Å². The summed E-state index contributed by atoms with van der Waals surface area (Å²) < 4.78 is 21.2. The summed E-state index contributed by atoms with van der Waals surface area (Å²) in [5.41, 5.74) is 16.5. The molecule has 0 bridgehead atoms. The van der Waals surface area contributed by atoms with Crippen molar-refractivity contribution in [2.45, 2.75) is 0 Å². The SMILES string of the molecule is COc1ccc(/C=C2\N=C(N=C3N/C(=C\c4ccc(OC)cc4)c4ccccc43)c3ccccc32)cc1.COc1ccc(/C=C2\N=C(N=C3N/C(=C\c4ccc(OC)cc4)c4ccccc43)c3ccccc32)cc1. The van der Waals surface area contributed by atoms with Crippen LogP contribution in [-0.2, 0) is 0 Å². The van der Waals surface area contributed by atoms with Crippen molar-refractivity contribution in [2.75, 3.05) is 28.4 Å². The first kappa shape index (κ1) is 46.6. The van der Waals surface area contributed by atoms with Gasteiger partial charge in [0.25, 0.3) is 0 Å². The molecule has 0 saturated carbocycles. The van der Waals surface area contributed by atoms with Crippen molar-refractivity contribution in [2.24, 2.45) is 20.0 Å². The topological polar surface area (TPSA) is 110 Å². The Balaban J connectivity index is 0.000000159. The van der Waals surface area contributed by atoms with Crippen LogP contribution < -0.4 is 29.6 Å². The van der Waals surface area contributed by atoms with Gasteiger partial charge in [-0.3, -0.25) is 0 Å². The van der Waals surface area contributed by atoms with E-state index in [1.807, 2.05) is 146 Å². The van der Waals surface area contributed by atoms with Crippen molar-refractivity contribution in [1.29, 1.82) is 0 Å². The Bertz CT molecular complexity index is 3430. The molecule has 0 atom stereocenters. The quantitative estimate of drug-likeness (QED) is 0.157. The van der Waals surface area contributed by atoms with E-state index < -0.39 is 0 Å². The molecule has 0 unspecified atom stereocenters. The lowest BCUT2D eigenvalue weighted by Crippen LogP contribution is -2.16. The van der Waals surface area contributed by atoms with E-state index >= 15 is 0 Å². The van der Waals surface area contributed by atoms with Crippen LogP contribution in [0.2, 0.25) is 0 Å². The third-order valence-electron chi connectivity index (χ3n) is 12.9. The van der Waals surface area contributed by atoms with Gasteiger partial charge in [0, 0.05) is 55.9 Å². The number of nitrogens with one attached hydrogen (secondary N) is 2. The molecular weight excluding hydrogens is 917 g/mol. The van der Waals surface area contributed by atoms with Gasteiger partial charge >= 0.3 is 0 Å². The summed E-state index contributed by atoms with van der Waals surface area (Å²) >= 11 is 0. The fraction of sp³-hybridized carbons (Fsp3) is 0.0625. The fourth-order valence-corrected chi connectivity index (χ4v) is 9.10. The van der Waals surface area contributed by atoms with E-state index in [2.05, 4.69) is 83.5 Å². The Labute approximate surface area is 430 Å². The number of aliphatic imine (C=N–C) groups is 4. The smallest absolute Gasteiger partial charge is 0.162 e. The molecule has 0 aliphatic carbocycles. The van der Waals surface area contributed by atoms with Crippen LogP contribution in [-0.4, -0.2) is 51.8 Å². The molecule has 0 aromatic heterocycles. The largest absolute Gasteiger partial charge is 0.497 e. The fourth-order valence-electron chi connectivity index (χ4n) is 9.10. The van der Waals surface area contributed by atoms with Crippen molar-refractivity contribution in [3.05, 3.63) is 261 Å². The molecule has 2 N–H and O–H groups in total. The second-order valence-corrected chi connectivity index (χ2v) is 17.5. The maximum atomic E-state index is 5.29. The van der Waals surface area contributed by atoms with E-state index in [1.54, 1.807) is 28.4 Å². The van der Waals surface area contributed by atoms with Gasteiger partial charge < -0.3 is 29.6 Å². The number of hydrogen-bond donors (Lipinski definition) is 2. The first-order valence-electron chi connectivity index (χ1n) is 24.1. The highest BCUT2D eigenvalue weighted by Crippen LogP contribution is 2.35. The Hall–Kier alpha value is -9.80. The molecule has 4 aliphatic rings. The Morgan fingerprint density at radius 2 is 0.581 bits per heavy atom. The summed E-state index contributed by atoms with van der Waals surface area (Å²) in [5.74, 6) is 6.28. The zero-order valence-corrected chi connectivity index (χ0v) is 41.2. The van der Waals surface area contributed by atoms with E-state index in [9.17, 15) is 0 Å². The molecule has 4 heterocycles. The number of ether oxygens (including phenoxy) is 4. The van der Waals surface area contributed by atoms with Crippen molar-refractivity contribution in [3.8, 4) is 23.0 Å². The lowest BCUT2D eigenvalue weighted by molar-refractivity contribution is 0.414. The van der Waals surface area contributed by atoms with Gasteiger partial charge in [0.2, 0.25) is 0 Å². The summed E-state index contributed by atoms with van der Waals surface area (Å²) in [6.45, 7) is 0. The summed E-state index contributed by atoms with van der Waals surface area (Å²) in [6.07, 6.45) is 8.41. The van der Waals surface area contributed by atoms with E-state index in [1.165, 1.54) is 0 Å². The molecule has 0 amide bonds. The number of methoxy groups -OCH3 is 4. The third kappa shape index (κ3) is 9.80. The number of amidine groups is 4. The van der Waals surface area contributed by atoms with Crippen molar-refractivity contribution in [1.82, 2.24) is 10.6 Å². The molecule has 8 aromatic rings. The van der Waals surface area contributed by atoms with Crippen molar-refractivity contribution < 1.29 is 18.9 Å². The normalized spacial score (nSPS) is 16.9. The number of fused-ring (bicyclic) bond motifs is 4. The van der Waals surface area contributed by atoms with Crippen LogP contribution >= 0.6 is 0 Å². The van der Waals surface area contributed by atoms with Gasteiger partial charge in [0.1, 0.15) is 34.7 Å². The van der Waals surface area contributed by atoms with Crippen LogP contribution in [0, 0.1) is 0 Å². The second kappa shape index (κ2) is 20.9. The lowest BCUT2D eigenvalue weighted by atomic mass is 10.0. The molecule has 4 aliphatic heterocycles. The summed E-state index contributed by atoms with van der Waals surface area (Å²) in [5, 5.41) is 7.07. The molecule has 74 heavy (non-hydrogen) atoms. The first-order chi connectivity index (χ1) is 36.4. The van der Waals surface area contributed by atoms with E-state index in [0.717, 1.165) is 124 Å². The van der Waals surface area contributed by atoms with Gasteiger partial charge in [-0.05, 0) is 95.1 Å². The number of rotatable bonds is 8. The lowest BCUT2D eigenvalue weighted by Gasteiger charge is -2.03. The average molecular weight is 967 g/mol. The van der Waals surface area contributed by atoms with Gasteiger partial charge in [0.15, 0.2) is 11.7 Å². The Kier molecular flexibility index (Phi) is 13.1. The predicted molar refractivity (Wildman–Crippen MR) is 302 cm³/mol. The molecule has 8 aromatic carbocycles. The number of benzene rings is 8. The minimum atomic E-state index is 0.693. The Morgan fingerprint density at radius 1 is 0.311 bits per heavy atom. The second-order valence-electron chi connectivity index (χ2n) is 17.5. The molecule has 0 radical (unpaired) electrons. The zero-order valence-electron chi connectivity index (χ0n) is 41.2. The third-order valence-corrected chi connectivity index (χ3v) is 12.9. The van der Waals surface area contributed by atoms with Gasteiger partial charge in [-0.25, -0.2) is 20.0 Å². The van der Waals surface area contributed by atoms with Crippen LogP contribution in [0.1, 0.15) is 66.8 Å². The number of hydrogen-bond acceptors (Lipinski definition) is 8. The van der Waals surface area contributed by atoms with Gasteiger partial charge in [-0.2, -0.15) is 0 Å². The van der Waals surface area contributed by atoms with E-state index in [4.69, 9.17) is 38.9 Å². The van der Waals surface area contributed by atoms with Crippen LogP contribution in [0.3, 0.4) is 0 Å². The standard InChI is InChI=1S/2C32H25N3O2/c2*1-36-23-15-11-21(12-16-23)19-29-25-7-3-5-9-27(25)31(33-29)35-32-28-10-6-4-8-26(28)30(34-32)20-22-13-17-24(37-2)18-14-22/h2*3-20H,1-2H3,(H,33,34,35)/b2*29-19-,30-20-. The summed E-state index contributed by atoms with van der Waals surface area (Å²) in [4.78, 5) is 19.9. The van der Waals surface area contributed by atoms with Crippen LogP contribution in [0.4, 0.5) is 0 Å². The van der Waals surface area contributed by atoms with Crippen molar-refractivity contribution in [3.63, 3.8) is 0 Å². The average Bonchev–Trinajstić information content (AvgIpc) is 4.20. The molecule has 0 fully saturated rings.